The van der Waals surface area contributed by atoms with Crippen molar-refractivity contribution in [1.82, 2.24) is 0 Å². The van der Waals surface area contributed by atoms with Crippen molar-refractivity contribution in [3.05, 3.63) is 46.1 Å². The molecule has 0 saturated carbocycles. The van der Waals surface area contributed by atoms with Crippen LogP contribution >= 0.6 is 11.8 Å². The maximum Gasteiger partial charge on any atom is 0.303 e. The highest BCUT2D eigenvalue weighted by Crippen LogP contribution is 2.46. The third-order valence-electron chi connectivity index (χ3n) is 5.17. The maximum atomic E-state index is 13.1. The summed E-state index contributed by atoms with van der Waals surface area (Å²) in [4.78, 5) is 61.2. The van der Waals surface area contributed by atoms with E-state index in [0.717, 1.165) is 18.7 Å². The average Bonchev–Trinajstić information content (AvgIpc) is 2.76. The van der Waals surface area contributed by atoms with Gasteiger partial charge in [0.15, 0.2) is 24.1 Å². The number of hydrogen-bond donors (Lipinski definition) is 0. The van der Waals surface area contributed by atoms with Gasteiger partial charge in [0, 0.05) is 31.9 Å². The molecule has 11 heteroatoms. The van der Waals surface area contributed by atoms with Crippen LogP contribution in [-0.4, -0.2) is 65.9 Å². The number of Topliss-reactive ketones (excluding diaryl/α,β-unsaturated/α-hetero) is 2. The van der Waals surface area contributed by atoms with Gasteiger partial charge in [0.05, 0.1) is 0 Å². The number of esters is 3. The summed E-state index contributed by atoms with van der Waals surface area (Å²) in [5.41, 5.74) is -0.467. The molecule has 1 saturated heterocycles. The van der Waals surface area contributed by atoms with Crippen molar-refractivity contribution in [2.45, 2.75) is 50.6 Å². The fourth-order valence-corrected chi connectivity index (χ4v) is 5.13. The van der Waals surface area contributed by atoms with Gasteiger partial charge in [-0.25, -0.2) is 0 Å². The van der Waals surface area contributed by atoms with Crippen molar-refractivity contribution in [2.24, 2.45) is 0 Å². The van der Waals surface area contributed by atoms with Gasteiger partial charge in [-0.15, -0.1) is 0 Å². The summed E-state index contributed by atoms with van der Waals surface area (Å²) < 4.78 is 27.7. The third-order valence-corrected chi connectivity index (χ3v) is 6.39. The number of ketones is 2. The Morgan fingerprint density at radius 3 is 2.12 bits per heavy atom. The second-order valence-electron chi connectivity index (χ2n) is 7.56. The molecule has 0 unspecified atom stereocenters. The predicted octanol–water partition coefficient (Wildman–Crippen LogP) is 1.56. The van der Waals surface area contributed by atoms with Gasteiger partial charge < -0.3 is 23.7 Å². The number of allylic oxidation sites excluding steroid dienone is 2. The molecule has 0 amide bonds. The third kappa shape index (κ3) is 4.38. The Morgan fingerprint density at radius 1 is 0.909 bits per heavy atom. The highest BCUT2D eigenvalue weighted by molar-refractivity contribution is 8.04. The number of rotatable bonds is 4. The van der Waals surface area contributed by atoms with E-state index in [-0.39, 0.29) is 28.4 Å². The molecule has 2 aliphatic heterocycles. The van der Waals surface area contributed by atoms with Crippen molar-refractivity contribution < 1.29 is 47.7 Å². The van der Waals surface area contributed by atoms with Crippen LogP contribution in [-0.2, 0) is 38.1 Å². The molecule has 174 valence electrons. The van der Waals surface area contributed by atoms with Crippen LogP contribution in [0.25, 0.3) is 0 Å². The zero-order valence-electron chi connectivity index (χ0n) is 17.9. The number of hydrogen-bond acceptors (Lipinski definition) is 11. The molecule has 0 bridgehead atoms. The zero-order valence-corrected chi connectivity index (χ0v) is 18.7. The first-order valence-electron chi connectivity index (χ1n) is 10.1. The van der Waals surface area contributed by atoms with Crippen LogP contribution in [0.5, 0.6) is 0 Å². The second-order valence-corrected chi connectivity index (χ2v) is 8.66. The fourth-order valence-electron chi connectivity index (χ4n) is 3.89. The average molecular weight is 476 g/mol. The van der Waals surface area contributed by atoms with Crippen molar-refractivity contribution >= 4 is 41.2 Å². The van der Waals surface area contributed by atoms with Gasteiger partial charge in [-0.2, -0.15) is 0 Å². The molecular formula is C22H20O10S. The first-order chi connectivity index (χ1) is 15.7. The first-order valence-corrected chi connectivity index (χ1v) is 10.9. The minimum Gasteiger partial charge on any atom is -0.477 e. The Morgan fingerprint density at radius 2 is 1.52 bits per heavy atom. The van der Waals surface area contributed by atoms with Crippen LogP contribution < -0.4 is 0 Å². The van der Waals surface area contributed by atoms with E-state index in [2.05, 4.69) is 0 Å². The van der Waals surface area contributed by atoms with Crippen LogP contribution in [0.1, 0.15) is 41.5 Å². The number of thioether (sulfide) groups is 1. The molecule has 4 rings (SSSR count). The summed E-state index contributed by atoms with van der Waals surface area (Å²) in [5, 5.41) is 0. The lowest BCUT2D eigenvalue weighted by atomic mass is 9.92. The first kappa shape index (κ1) is 23.0. The fraction of sp³-hybridized carbons (Fsp3) is 0.409. The zero-order chi connectivity index (χ0) is 23.9. The van der Waals surface area contributed by atoms with E-state index in [1.54, 1.807) is 18.2 Å². The molecule has 1 aromatic carbocycles. The summed E-state index contributed by atoms with van der Waals surface area (Å²) in [6, 6.07) is 6.36. The van der Waals surface area contributed by atoms with E-state index in [1.807, 2.05) is 0 Å². The Labute approximate surface area is 192 Å². The van der Waals surface area contributed by atoms with Gasteiger partial charge in [-0.1, -0.05) is 36.0 Å². The molecule has 1 aliphatic carbocycles. The number of fused-ring (bicyclic) bond motifs is 2. The molecular weight excluding hydrogens is 456 g/mol. The standard InChI is InChI=1S/C22H20O10S/c1-9(23)28-8-14-17(29-10(2)24)19(30-11(3)25)20-22(31-14)33-21-16(27)13-7-5-4-6-12(13)15(26)18(21)32-20/h4-7,14,17,19-20,22H,8H2,1-3H3/t14-,17-,19+,20-,22+/m1/s1. The Hall–Kier alpha value is -3.18. The van der Waals surface area contributed by atoms with Crippen LogP contribution in [0.2, 0.25) is 0 Å². The van der Waals surface area contributed by atoms with E-state index in [9.17, 15) is 24.0 Å². The molecule has 0 radical (unpaired) electrons. The number of carbonyl (C=O) groups excluding carboxylic acids is 5. The Balaban J connectivity index is 1.72. The lowest BCUT2D eigenvalue weighted by Crippen LogP contribution is -2.62. The maximum absolute atomic E-state index is 13.1. The monoisotopic (exact) mass is 476 g/mol. The van der Waals surface area contributed by atoms with E-state index in [1.165, 1.54) is 19.9 Å². The minimum absolute atomic E-state index is 0.0682. The van der Waals surface area contributed by atoms with Crippen LogP contribution in [0, 0.1) is 0 Å². The summed E-state index contributed by atoms with van der Waals surface area (Å²) >= 11 is 0.954. The SMILES string of the molecule is CC(=O)OC[C@H]1O[C@H]2SC3=C(O[C@@H]2[C@@H](OC(C)=O)[C@@H]1OC(C)=O)C(=O)c1ccccc1C3=O. The van der Waals surface area contributed by atoms with E-state index < -0.39 is 59.3 Å². The predicted molar refractivity (Wildman–Crippen MR) is 111 cm³/mol. The molecule has 1 fully saturated rings. The number of ether oxygens (including phenoxy) is 5. The summed E-state index contributed by atoms with van der Waals surface area (Å²) in [7, 11) is 0. The van der Waals surface area contributed by atoms with E-state index in [0.29, 0.717) is 0 Å². The smallest absolute Gasteiger partial charge is 0.303 e. The molecule has 5 atom stereocenters. The lowest BCUT2D eigenvalue weighted by Gasteiger charge is -2.47. The van der Waals surface area contributed by atoms with Gasteiger partial charge in [-0.05, 0) is 0 Å². The van der Waals surface area contributed by atoms with Crippen LogP contribution in [0.3, 0.4) is 0 Å². The van der Waals surface area contributed by atoms with Crippen molar-refractivity contribution in [3.63, 3.8) is 0 Å². The van der Waals surface area contributed by atoms with E-state index >= 15 is 0 Å². The number of benzene rings is 1. The topological polar surface area (TPSA) is 132 Å². The van der Waals surface area contributed by atoms with Gasteiger partial charge in [0.2, 0.25) is 11.6 Å². The summed E-state index contributed by atoms with van der Waals surface area (Å²) in [6.45, 7) is 3.24. The van der Waals surface area contributed by atoms with Gasteiger partial charge in [0.1, 0.15) is 23.1 Å². The number of carbonyl (C=O) groups is 5. The highest BCUT2D eigenvalue weighted by Gasteiger charge is 2.56. The minimum atomic E-state index is -1.19. The molecule has 3 aliphatic rings. The van der Waals surface area contributed by atoms with Crippen LogP contribution in [0.4, 0.5) is 0 Å². The molecule has 0 spiro atoms. The molecule has 0 N–H and O–H groups in total. The normalized spacial score (nSPS) is 28.0. The lowest BCUT2D eigenvalue weighted by molar-refractivity contribution is -0.234. The van der Waals surface area contributed by atoms with Gasteiger partial charge >= 0.3 is 17.9 Å². The molecule has 1 aromatic rings. The largest absolute Gasteiger partial charge is 0.477 e. The summed E-state index contributed by atoms with van der Waals surface area (Å²) in [6.07, 6.45) is -4.45. The second kappa shape index (κ2) is 8.99. The van der Waals surface area contributed by atoms with Crippen molar-refractivity contribution in [2.75, 3.05) is 6.61 Å². The Bertz CT molecular complexity index is 1080. The summed E-state index contributed by atoms with van der Waals surface area (Å²) in [5.74, 6) is -3.02. The molecule has 2 heterocycles. The quantitative estimate of drug-likeness (QED) is 0.463. The molecule has 10 nitrogen and oxygen atoms in total. The van der Waals surface area contributed by atoms with Gasteiger partial charge in [0.25, 0.3) is 0 Å². The van der Waals surface area contributed by atoms with E-state index in [4.69, 9.17) is 23.7 Å². The Kier molecular flexibility index (Phi) is 6.26. The van der Waals surface area contributed by atoms with Crippen LogP contribution in [0.15, 0.2) is 34.9 Å². The van der Waals surface area contributed by atoms with Crippen molar-refractivity contribution in [3.8, 4) is 0 Å². The molecule has 33 heavy (non-hydrogen) atoms. The molecule has 0 aromatic heterocycles. The van der Waals surface area contributed by atoms with Crippen molar-refractivity contribution in [1.29, 1.82) is 0 Å². The highest BCUT2D eigenvalue weighted by atomic mass is 32.2. The van der Waals surface area contributed by atoms with Gasteiger partial charge in [-0.3, -0.25) is 24.0 Å².